The van der Waals surface area contributed by atoms with Crippen molar-refractivity contribution in [1.82, 2.24) is 4.57 Å². The average Bonchev–Trinajstić information content (AvgIpc) is 2.37. The molecule has 0 spiro atoms. The largest absolute Gasteiger partial charge is 0.307 e. The molecule has 0 saturated carbocycles. The molecule has 0 atom stereocenters. The van der Waals surface area contributed by atoms with Gasteiger partial charge in [-0.25, -0.2) is 0 Å². The van der Waals surface area contributed by atoms with E-state index >= 15 is 0 Å². The third kappa shape index (κ3) is 2.81. The Balaban J connectivity index is 2.50. The van der Waals surface area contributed by atoms with Crippen LogP contribution in [0.4, 0.5) is 0 Å². The maximum atomic E-state index is 12.1. The highest BCUT2D eigenvalue weighted by atomic mass is 35.5. The Bertz CT molecular complexity index is 729. The minimum atomic E-state index is -0.312. The number of aromatic nitrogens is 1. The summed E-state index contributed by atoms with van der Waals surface area (Å²) in [7, 11) is 0. The highest BCUT2D eigenvalue weighted by Crippen LogP contribution is 2.21. The zero-order valence-electron chi connectivity index (χ0n) is 10.2. The van der Waals surface area contributed by atoms with Gasteiger partial charge in [0.25, 0.3) is 5.56 Å². The van der Waals surface area contributed by atoms with E-state index < -0.39 is 0 Å². The summed E-state index contributed by atoms with van der Waals surface area (Å²) in [6, 6.07) is 10.3. The van der Waals surface area contributed by atoms with Crippen molar-refractivity contribution in [2.45, 2.75) is 13.5 Å². The van der Waals surface area contributed by atoms with Crippen molar-refractivity contribution in [3.05, 3.63) is 67.6 Å². The Labute approximate surface area is 120 Å². The summed E-state index contributed by atoms with van der Waals surface area (Å²) in [6.07, 6.45) is 0. The minimum absolute atomic E-state index is 0.121. The second kappa shape index (κ2) is 5.48. The number of benzene rings is 1. The van der Waals surface area contributed by atoms with Gasteiger partial charge >= 0.3 is 0 Å². The molecule has 3 nitrogen and oxygen atoms in total. The van der Waals surface area contributed by atoms with Crippen LogP contribution in [0.15, 0.2) is 35.1 Å². The minimum Gasteiger partial charge on any atom is -0.307 e. The molecule has 19 heavy (non-hydrogen) atoms. The van der Waals surface area contributed by atoms with Crippen molar-refractivity contribution in [1.29, 1.82) is 5.26 Å². The van der Waals surface area contributed by atoms with Gasteiger partial charge < -0.3 is 4.57 Å². The molecule has 0 fully saturated rings. The summed E-state index contributed by atoms with van der Waals surface area (Å²) in [5.74, 6) is 0. The second-order valence-corrected chi connectivity index (χ2v) is 4.97. The van der Waals surface area contributed by atoms with Crippen molar-refractivity contribution in [3.8, 4) is 6.07 Å². The molecule has 0 N–H and O–H groups in total. The Kier molecular flexibility index (Phi) is 3.94. The molecular formula is C14H10Cl2N2O. The van der Waals surface area contributed by atoms with E-state index in [1.54, 1.807) is 24.3 Å². The monoisotopic (exact) mass is 292 g/mol. The number of nitriles is 1. The molecule has 1 aromatic heterocycles. The van der Waals surface area contributed by atoms with E-state index in [1.807, 2.05) is 13.0 Å². The van der Waals surface area contributed by atoms with Gasteiger partial charge in [0.15, 0.2) is 0 Å². The molecule has 0 aliphatic heterocycles. The predicted molar refractivity (Wildman–Crippen MR) is 75.7 cm³/mol. The van der Waals surface area contributed by atoms with E-state index in [2.05, 4.69) is 0 Å². The second-order valence-electron chi connectivity index (χ2n) is 4.13. The molecule has 1 aromatic carbocycles. The molecule has 96 valence electrons. The van der Waals surface area contributed by atoms with Crippen molar-refractivity contribution >= 4 is 23.2 Å². The van der Waals surface area contributed by atoms with Gasteiger partial charge in [-0.05, 0) is 36.8 Å². The smallest absolute Gasteiger partial charge is 0.268 e. The van der Waals surface area contributed by atoms with Crippen LogP contribution in [0.2, 0.25) is 10.0 Å². The van der Waals surface area contributed by atoms with E-state index in [4.69, 9.17) is 28.5 Å². The molecule has 0 unspecified atom stereocenters. The first kappa shape index (κ1) is 13.7. The summed E-state index contributed by atoms with van der Waals surface area (Å²) >= 11 is 11.9. The van der Waals surface area contributed by atoms with Crippen LogP contribution in [-0.2, 0) is 6.54 Å². The molecule has 2 rings (SSSR count). The molecule has 0 radical (unpaired) electrons. The fourth-order valence-corrected chi connectivity index (χ4v) is 2.24. The molecule has 2 aromatic rings. The summed E-state index contributed by atoms with van der Waals surface area (Å²) in [6.45, 7) is 2.13. The number of hydrogen-bond acceptors (Lipinski definition) is 2. The summed E-state index contributed by atoms with van der Waals surface area (Å²) in [4.78, 5) is 12.1. The van der Waals surface area contributed by atoms with Gasteiger partial charge in [0.05, 0.1) is 6.54 Å². The quantitative estimate of drug-likeness (QED) is 0.852. The lowest BCUT2D eigenvalue weighted by Gasteiger charge is -2.11. The van der Waals surface area contributed by atoms with Crippen LogP contribution in [0.25, 0.3) is 0 Å². The molecule has 5 heteroatoms. The number of aryl methyl sites for hydroxylation is 1. The first-order valence-corrected chi connectivity index (χ1v) is 6.33. The fourth-order valence-electron chi connectivity index (χ4n) is 1.77. The molecule has 0 amide bonds. The van der Waals surface area contributed by atoms with E-state index in [9.17, 15) is 4.79 Å². The maximum absolute atomic E-state index is 12.1. The van der Waals surface area contributed by atoms with Crippen LogP contribution in [0.3, 0.4) is 0 Å². The summed E-state index contributed by atoms with van der Waals surface area (Å²) < 4.78 is 1.52. The first-order chi connectivity index (χ1) is 9.02. The zero-order chi connectivity index (χ0) is 14.0. The van der Waals surface area contributed by atoms with E-state index in [0.29, 0.717) is 16.6 Å². The lowest BCUT2D eigenvalue weighted by atomic mass is 10.2. The van der Waals surface area contributed by atoms with Crippen molar-refractivity contribution in [2.24, 2.45) is 0 Å². The zero-order valence-corrected chi connectivity index (χ0v) is 11.7. The highest BCUT2D eigenvalue weighted by Gasteiger charge is 2.08. The van der Waals surface area contributed by atoms with Gasteiger partial charge in [0, 0.05) is 15.7 Å². The highest BCUT2D eigenvalue weighted by molar-refractivity contribution is 6.35. The maximum Gasteiger partial charge on any atom is 0.268 e. The van der Waals surface area contributed by atoms with Crippen LogP contribution in [0, 0.1) is 18.3 Å². The van der Waals surface area contributed by atoms with E-state index in [-0.39, 0.29) is 11.1 Å². The summed E-state index contributed by atoms with van der Waals surface area (Å²) in [5, 5.41) is 9.93. The van der Waals surface area contributed by atoms with Gasteiger partial charge in [-0.15, -0.1) is 0 Å². The lowest BCUT2D eigenvalue weighted by molar-refractivity contribution is 0.727. The predicted octanol–water partition coefficient (Wildman–Crippen LogP) is 3.38. The molecule has 0 aliphatic rings. The van der Waals surface area contributed by atoms with E-state index in [0.717, 1.165) is 11.3 Å². The van der Waals surface area contributed by atoms with Gasteiger partial charge in [0.2, 0.25) is 0 Å². The van der Waals surface area contributed by atoms with Gasteiger partial charge in [-0.2, -0.15) is 5.26 Å². The Hall–Kier alpha value is -1.76. The number of hydrogen-bond donors (Lipinski definition) is 0. The number of halogens is 2. The number of nitrogens with zero attached hydrogens (tertiary/aromatic N) is 2. The lowest BCUT2D eigenvalue weighted by Crippen LogP contribution is -2.24. The van der Waals surface area contributed by atoms with E-state index in [1.165, 1.54) is 10.6 Å². The topological polar surface area (TPSA) is 45.8 Å². The average molecular weight is 293 g/mol. The molecule has 0 saturated heterocycles. The van der Waals surface area contributed by atoms with Crippen molar-refractivity contribution in [3.63, 3.8) is 0 Å². The van der Waals surface area contributed by atoms with Gasteiger partial charge in [0.1, 0.15) is 11.6 Å². The van der Waals surface area contributed by atoms with Crippen molar-refractivity contribution < 1.29 is 0 Å². The third-order valence-electron chi connectivity index (χ3n) is 2.86. The molecule has 1 heterocycles. The van der Waals surface area contributed by atoms with Crippen molar-refractivity contribution in [2.75, 3.05) is 0 Å². The van der Waals surface area contributed by atoms with Crippen LogP contribution in [0.5, 0.6) is 0 Å². The molecule has 0 aliphatic carbocycles. The Morgan fingerprint density at radius 2 is 2.00 bits per heavy atom. The Morgan fingerprint density at radius 3 is 2.63 bits per heavy atom. The van der Waals surface area contributed by atoms with Gasteiger partial charge in [-0.3, -0.25) is 4.79 Å². The molecular weight excluding hydrogens is 283 g/mol. The normalized spacial score (nSPS) is 10.2. The SMILES string of the molecule is Cc1ccc(C#N)c(=O)n1Cc1ccc(Cl)cc1Cl. The first-order valence-electron chi connectivity index (χ1n) is 5.57. The van der Waals surface area contributed by atoms with Crippen LogP contribution < -0.4 is 5.56 Å². The standard InChI is InChI=1S/C14H10Cl2N2O/c1-9-2-3-10(7-17)14(19)18(9)8-11-4-5-12(15)6-13(11)16/h2-6H,8H2,1H3. The summed E-state index contributed by atoms with van der Waals surface area (Å²) in [5.41, 5.74) is 1.37. The van der Waals surface area contributed by atoms with Crippen LogP contribution in [-0.4, -0.2) is 4.57 Å². The molecule has 0 bridgehead atoms. The number of pyridine rings is 1. The Morgan fingerprint density at radius 1 is 1.26 bits per heavy atom. The van der Waals surface area contributed by atoms with Gasteiger partial charge in [-0.1, -0.05) is 29.3 Å². The van der Waals surface area contributed by atoms with Crippen LogP contribution in [0.1, 0.15) is 16.8 Å². The van der Waals surface area contributed by atoms with Crippen LogP contribution >= 0.6 is 23.2 Å². The third-order valence-corrected chi connectivity index (χ3v) is 3.44. The fraction of sp³-hybridized carbons (Fsp3) is 0.143. The number of rotatable bonds is 2.